The molecule has 1 atom stereocenters. The van der Waals surface area contributed by atoms with Crippen molar-refractivity contribution in [3.8, 4) is 0 Å². The van der Waals surface area contributed by atoms with Crippen LogP contribution in [0, 0.1) is 20.8 Å². The molecule has 0 spiro atoms. The number of rotatable bonds is 3. The summed E-state index contributed by atoms with van der Waals surface area (Å²) in [6.45, 7) is 13.1. The highest BCUT2D eigenvalue weighted by Crippen LogP contribution is 2.21. The summed E-state index contributed by atoms with van der Waals surface area (Å²) in [5.74, 6) is -0.369. The van der Waals surface area contributed by atoms with Crippen molar-refractivity contribution in [2.24, 2.45) is 0 Å². The van der Waals surface area contributed by atoms with Crippen LogP contribution in [0.15, 0.2) is 5.16 Å². The zero-order chi connectivity index (χ0) is 17.1. The van der Waals surface area contributed by atoms with E-state index in [0.717, 1.165) is 17.0 Å². The molecule has 0 saturated carbocycles. The Morgan fingerprint density at radius 3 is 2.05 bits per heavy atom. The molecule has 3 amide bonds. The summed E-state index contributed by atoms with van der Waals surface area (Å²) in [6.07, 6.45) is 0. The topological polar surface area (TPSA) is 84.0 Å². The molecule has 0 unspecified atom stereocenters. The second-order valence-electron chi connectivity index (χ2n) is 6.26. The lowest BCUT2D eigenvalue weighted by Crippen LogP contribution is -2.49. The van der Waals surface area contributed by atoms with Crippen LogP contribution in [0.25, 0.3) is 0 Å². The third kappa shape index (κ3) is 5.63. The molecule has 2 N–H and O–H groups in total. The molecule has 22 heavy (non-hydrogen) atoms. The maximum absolute atomic E-state index is 12.0. The van der Waals surface area contributed by atoms with Gasteiger partial charge in [-0.15, -0.1) is 0 Å². The molecule has 0 radical (unpaired) electrons. The van der Waals surface area contributed by atoms with E-state index in [-0.39, 0.29) is 5.91 Å². The van der Waals surface area contributed by atoms with Crippen molar-refractivity contribution < 1.29 is 9.59 Å². The van der Waals surface area contributed by atoms with Crippen LogP contribution < -0.4 is 10.6 Å². The third-order valence-electron chi connectivity index (χ3n) is 2.99. The summed E-state index contributed by atoms with van der Waals surface area (Å²) in [5, 5.41) is 5.09. The first-order chi connectivity index (χ1) is 9.99. The van der Waals surface area contributed by atoms with Crippen molar-refractivity contribution in [2.75, 3.05) is 0 Å². The molecule has 1 aromatic heterocycles. The molecule has 0 aliphatic rings. The van der Waals surface area contributed by atoms with Gasteiger partial charge in [-0.3, -0.25) is 10.1 Å². The Morgan fingerprint density at radius 2 is 1.59 bits per heavy atom. The van der Waals surface area contributed by atoms with E-state index in [2.05, 4.69) is 20.6 Å². The van der Waals surface area contributed by atoms with Gasteiger partial charge < -0.3 is 5.32 Å². The zero-order valence-electron chi connectivity index (χ0n) is 14.2. The van der Waals surface area contributed by atoms with Crippen molar-refractivity contribution in [3.05, 3.63) is 17.0 Å². The molecule has 0 fully saturated rings. The minimum absolute atomic E-state index is 0.369. The molecule has 1 rings (SSSR count). The Balaban J connectivity index is 2.67. The average Bonchev–Trinajstić information content (AvgIpc) is 2.33. The Kier molecular flexibility index (Phi) is 5.93. The highest BCUT2D eigenvalue weighted by Gasteiger charge is 2.21. The molecule has 0 aliphatic heterocycles. The van der Waals surface area contributed by atoms with Crippen LogP contribution in [-0.2, 0) is 4.79 Å². The highest BCUT2D eigenvalue weighted by molar-refractivity contribution is 8.00. The van der Waals surface area contributed by atoms with Gasteiger partial charge in [-0.1, -0.05) is 11.8 Å². The van der Waals surface area contributed by atoms with Gasteiger partial charge in [-0.25, -0.2) is 14.8 Å². The minimum atomic E-state index is -0.498. The number of nitrogens with one attached hydrogen (secondary N) is 2. The predicted molar refractivity (Wildman–Crippen MR) is 88.0 cm³/mol. The number of urea groups is 1. The second kappa shape index (κ2) is 7.09. The molecule has 1 aromatic rings. The van der Waals surface area contributed by atoms with Crippen LogP contribution in [-0.4, -0.2) is 32.7 Å². The van der Waals surface area contributed by atoms with Crippen LogP contribution in [0.1, 0.15) is 44.6 Å². The van der Waals surface area contributed by atoms with E-state index in [0.29, 0.717) is 5.16 Å². The SMILES string of the molecule is Cc1nc(S[C@H](C)C(=O)NC(=O)NC(C)(C)C)nc(C)c1C. The molecule has 0 aliphatic carbocycles. The summed E-state index contributed by atoms with van der Waals surface area (Å²) in [5.41, 5.74) is 2.45. The van der Waals surface area contributed by atoms with E-state index in [4.69, 9.17) is 0 Å². The maximum Gasteiger partial charge on any atom is 0.321 e. The minimum Gasteiger partial charge on any atom is -0.333 e. The number of nitrogens with zero attached hydrogens (tertiary/aromatic N) is 2. The van der Waals surface area contributed by atoms with E-state index in [1.54, 1.807) is 6.92 Å². The summed E-state index contributed by atoms with van der Waals surface area (Å²) in [4.78, 5) is 32.5. The molecule has 1 heterocycles. The van der Waals surface area contributed by atoms with Crippen molar-refractivity contribution in [2.45, 2.75) is 64.4 Å². The number of amides is 3. The normalized spacial score (nSPS) is 12.7. The summed E-state index contributed by atoms with van der Waals surface area (Å²) in [7, 11) is 0. The van der Waals surface area contributed by atoms with E-state index in [9.17, 15) is 9.59 Å². The molecule has 7 heteroatoms. The van der Waals surface area contributed by atoms with Gasteiger partial charge in [0, 0.05) is 16.9 Å². The fourth-order valence-electron chi connectivity index (χ4n) is 1.59. The highest BCUT2D eigenvalue weighted by atomic mass is 32.2. The lowest BCUT2D eigenvalue weighted by atomic mass is 10.1. The Hall–Kier alpha value is -1.63. The molecule has 6 nitrogen and oxygen atoms in total. The lowest BCUT2D eigenvalue weighted by molar-refractivity contribution is -0.119. The van der Waals surface area contributed by atoms with E-state index >= 15 is 0 Å². The van der Waals surface area contributed by atoms with E-state index in [1.807, 2.05) is 41.5 Å². The van der Waals surface area contributed by atoms with Crippen LogP contribution in [0.3, 0.4) is 0 Å². The van der Waals surface area contributed by atoms with Crippen molar-refractivity contribution in [1.82, 2.24) is 20.6 Å². The van der Waals surface area contributed by atoms with Gasteiger partial charge in [-0.05, 0) is 54.0 Å². The molecule has 122 valence electrons. The second-order valence-corrected chi connectivity index (χ2v) is 7.56. The number of imide groups is 1. The molecular formula is C15H24N4O2S. The van der Waals surface area contributed by atoms with Crippen LogP contribution in [0.4, 0.5) is 4.79 Å². The van der Waals surface area contributed by atoms with Gasteiger partial charge in [0.05, 0.1) is 5.25 Å². The molecule has 0 bridgehead atoms. The first-order valence-corrected chi connectivity index (χ1v) is 7.99. The average molecular weight is 324 g/mol. The first kappa shape index (κ1) is 18.4. The predicted octanol–water partition coefficient (Wildman–Crippen LogP) is 2.51. The monoisotopic (exact) mass is 324 g/mol. The maximum atomic E-state index is 12.0. The molecular weight excluding hydrogens is 300 g/mol. The number of carbonyl (C=O) groups is 2. The first-order valence-electron chi connectivity index (χ1n) is 7.11. The van der Waals surface area contributed by atoms with Crippen LogP contribution >= 0.6 is 11.8 Å². The number of thioether (sulfide) groups is 1. The van der Waals surface area contributed by atoms with E-state index < -0.39 is 16.8 Å². The standard InChI is InChI=1S/C15H24N4O2S/c1-8-9(2)16-14(17-10(8)3)22-11(4)12(20)18-13(21)19-15(5,6)7/h11H,1-7H3,(H2,18,19,20,21)/t11-/m1/s1. The lowest BCUT2D eigenvalue weighted by Gasteiger charge is -2.21. The summed E-state index contributed by atoms with van der Waals surface area (Å²) < 4.78 is 0. The van der Waals surface area contributed by atoms with Crippen molar-refractivity contribution in [3.63, 3.8) is 0 Å². The van der Waals surface area contributed by atoms with Gasteiger partial charge in [0.1, 0.15) is 0 Å². The van der Waals surface area contributed by atoms with Gasteiger partial charge in [0.2, 0.25) is 5.91 Å². The number of hydrogen-bond acceptors (Lipinski definition) is 5. The van der Waals surface area contributed by atoms with Gasteiger partial charge >= 0.3 is 6.03 Å². The quantitative estimate of drug-likeness (QED) is 0.659. The number of carbonyl (C=O) groups excluding carboxylic acids is 2. The number of hydrogen-bond donors (Lipinski definition) is 2. The summed E-state index contributed by atoms with van der Waals surface area (Å²) in [6, 6.07) is -0.498. The fraction of sp³-hybridized carbons (Fsp3) is 0.600. The third-order valence-corrected chi connectivity index (χ3v) is 3.95. The Labute approximate surface area is 135 Å². The zero-order valence-corrected chi connectivity index (χ0v) is 15.0. The van der Waals surface area contributed by atoms with Gasteiger partial charge in [0.15, 0.2) is 5.16 Å². The summed E-state index contributed by atoms with van der Waals surface area (Å²) >= 11 is 1.23. The van der Waals surface area contributed by atoms with E-state index in [1.165, 1.54) is 11.8 Å². The number of aromatic nitrogens is 2. The fourth-order valence-corrected chi connectivity index (χ4v) is 2.45. The van der Waals surface area contributed by atoms with Crippen LogP contribution in [0.5, 0.6) is 0 Å². The molecule has 0 aromatic carbocycles. The van der Waals surface area contributed by atoms with Gasteiger partial charge in [0.25, 0.3) is 0 Å². The van der Waals surface area contributed by atoms with Crippen molar-refractivity contribution >= 4 is 23.7 Å². The smallest absolute Gasteiger partial charge is 0.321 e. The Morgan fingerprint density at radius 1 is 1.09 bits per heavy atom. The Bertz CT molecular complexity index is 558. The van der Waals surface area contributed by atoms with Crippen LogP contribution in [0.2, 0.25) is 0 Å². The molecule has 0 saturated heterocycles. The van der Waals surface area contributed by atoms with Crippen molar-refractivity contribution in [1.29, 1.82) is 0 Å². The number of aryl methyl sites for hydroxylation is 2. The largest absolute Gasteiger partial charge is 0.333 e. The van der Waals surface area contributed by atoms with Gasteiger partial charge in [-0.2, -0.15) is 0 Å².